The van der Waals surface area contributed by atoms with Crippen LogP contribution in [0.5, 0.6) is 0 Å². The Balaban J connectivity index is 1.97. The van der Waals surface area contributed by atoms with Crippen LogP contribution in [0.1, 0.15) is 47.9 Å². The third-order valence-corrected chi connectivity index (χ3v) is 5.60. The SMILES string of the molecule is CNC(c1cccc(C2CCC2)c1)c1cc(Cl)ccc1I. The maximum absolute atomic E-state index is 6.19. The van der Waals surface area contributed by atoms with Crippen LogP contribution in [0.2, 0.25) is 5.02 Å². The van der Waals surface area contributed by atoms with Crippen LogP contribution in [-0.4, -0.2) is 7.05 Å². The third kappa shape index (κ3) is 3.27. The molecular formula is C18H19ClIN. The summed E-state index contributed by atoms with van der Waals surface area (Å²) in [4.78, 5) is 0. The Labute approximate surface area is 145 Å². The molecule has 1 saturated carbocycles. The largest absolute Gasteiger partial charge is 0.309 e. The molecule has 1 nitrogen and oxygen atoms in total. The summed E-state index contributed by atoms with van der Waals surface area (Å²) < 4.78 is 1.24. The zero-order valence-electron chi connectivity index (χ0n) is 12.1. The quantitative estimate of drug-likeness (QED) is 0.653. The smallest absolute Gasteiger partial charge is 0.0585 e. The number of nitrogens with one attached hydrogen (secondary N) is 1. The van der Waals surface area contributed by atoms with Gasteiger partial charge in [0.1, 0.15) is 0 Å². The average Bonchev–Trinajstić information content (AvgIpc) is 2.42. The van der Waals surface area contributed by atoms with Gasteiger partial charge in [-0.25, -0.2) is 0 Å². The molecule has 3 heteroatoms. The fourth-order valence-electron chi connectivity index (χ4n) is 2.97. The minimum absolute atomic E-state index is 0.190. The van der Waals surface area contributed by atoms with Gasteiger partial charge in [-0.2, -0.15) is 0 Å². The predicted octanol–water partition coefficient (Wildman–Crippen LogP) is 5.52. The van der Waals surface area contributed by atoms with E-state index in [2.05, 4.69) is 64.3 Å². The molecule has 3 rings (SSSR count). The fraction of sp³-hybridized carbons (Fsp3) is 0.333. The van der Waals surface area contributed by atoms with Gasteiger partial charge in [-0.05, 0) is 83.3 Å². The molecule has 1 atom stereocenters. The van der Waals surface area contributed by atoms with E-state index >= 15 is 0 Å². The molecule has 0 bridgehead atoms. The lowest BCUT2D eigenvalue weighted by atomic mass is 9.79. The summed E-state index contributed by atoms with van der Waals surface area (Å²) in [6, 6.07) is 15.3. The summed E-state index contributed by atoms with van der Waals surface area (Å²) in [6.45, 7) is 0. The molecule has 1 aliphatic carbocycles. The van der Waals surface area contributed by atoms with Crippen molar-refractivity contribution in [3.63, 3.8) is 0 Å². The predicted molar refractivity (Wildman–Crippen MR) is 98.1 cm³/mol. The van der Waals surface area contributed by atoms with Crippen LogP contribution in [0.25, 0.3) is 0 Å². The number of halogens is 2. The van der Waals surface area contributed by atoms with Crippen LogP contribution >= 0.6 is 34.2 Å². The molecule has 2 aromatic carbocycles. The van der Waals surface area contributed by atoms with E-state index in [1.165, 1.54) is 39.5 Å². The molecule has 0 amide bonds. The second-order valence-electron chi connectivity index (χ2n) is 5.69. The molecule has 0 aliphatic heterocycles. The van der Waals surface area contributed by atoms with Crippen molar-refractivity contribution in [1.29, 1.82) is 0 Å². The van der Waals surface area contributed by atoms with E-state index in [9.17, 15) is 0 Å². The molecule has 0 aromatic heterocycles. The van der Waals surface area contributed by atoms with Crippen molar-refractivity contribution < 1.29 is 0 Å². The molecule has 21 heavy (non-hydrogen) atoms. The van der Waals surface area contributed by atoms with Crippen molar-refractivity contribution >= 4 is 34.2 Å². The molecule has 1 aliphatic rings. The highest BCUT2D eigenvalue weighted by atomic mass is 127. The molecule has 2 aromatic rings. The lowest BCUT2D eigenvalue weighted by Crippen LogP contribution is -2.19. The first-order valence-corrected chi connectivity index (χ1v) is 8.87. The van der Waals surface area contributed by atoms with Crippen LogP contribution in [0.3, 0.4) is 0 Å². The normalized spacial score (nSPS) is 16.5. The minimum Gasteiger partial charge on any atom is -0.309 e. The third-order valence-electron chi connectivity index (χ3n) is 4.38. The molecular weight excluding hydrogens is 393 g/mol. The first-order chi connectivity index (χ1) is 10.2. The van der Waals surface area contributed by atoms with E-state index < -0.39 is 0 Å². The summed E-state index contributed by atoms with van der Waals surface area (Å²) in [5, 5.41) is 4.23. The van der Waals surface area contributed by atoms with E-state index in [0.717, 1.165) is 10.9 Å². The van der Waals surface area contributed by atoms with Gasteiger partial charge in [0.15, 0.2) is 0 Å². The van der Waals surface area contributed by atoms with Crippen LogP contribution in [0, 0.1) is 3.57 Å². The monoisotopic (exact) mass is 411 g/mol. The lowest BCUT2D eigenvalue weighted by molar-refractivity contribution is 0.419. The van der Waals surface area contributed by atoms with E-state index in [1.807, 2.05) is 13.1 Å². The zero-order chi connectivity index (χ0) is 14.8. The molecule has 1 fully saturated rings. The summed E-state index contributed by atoms with van der Waals surface area (Å²) in [6.07, 6.45) is 4.04. The van der Waals surface area contributed by atoms with Gasteiger partial charge in [-0.1, -0.05) is 42.3 Å². The minimum atomic E-state index is 0.190. The van der Waals surface area contributed by atoms with Crippen LogP contribution in [0.15, 0.2) is 42.5 Å². The molecule has 0 heterocycles. The zero-order valence-corrected chi connectivity index (χ0v) is 15.0. The van der Waals surface area contributed by atoms with Crippen molar-refractivity contribution in [2.45, 2.75) is 31.2 Å². The van der Waals surface area contributed by atoms with Gasteiger partial charge in [0.05, 0.1) is 6.04 Å². The number of hydrogen-bond acceptors (Lipinski definition) is 1. The van der Waals surface area contributed by atoms with Gasteiger partial charge >= 0.3 is 0 Å². The maximum atomic E-state index is 6.19. The van der Waals surface area contributed by atoms with Crippen molar-refractivity contribution in [3.8, 4) is 0 Å². The highest BCUT2D eigenvalue weighted by Gasteiger charge is 2.21. The van der Waals surface area contributed by atoms with Crippen LogP contribution < -0.4 is 5.32 Å². The Hall–Kier alpha value is -0.580. The lowest BCUT2D eigenvalue weighted by Gasteiger charge is -2.27. The Morgan fingerprint density at radius 2 is 2.00 bits per heavy atom. The van der Waals surface area contributed by atoms with Crippen molar-refractivity contribution in [1.82, 2.24) is 5.32 Å². The van der Waals surface area contributed by atoms with Gasteiger partial charge in [0, 0.05) is 8.59 Å². The Morgan fingerprint density at radius 1 is 1.19 bits per heavy atom. The van der Waals surface area contributed by atoms with Gasteiger partial charge in [-0.3, -0.25) is 0 Å². The van der Waals surface area contributed by atoms with E-state index in [0.29, 0.717) is 0 Å². The Kier molecular flexibility index (Phi) is 4.87. The maximum Gasteiger partial charge on any atom is 0.0585 e. The van der Waals surface area contributed by atoms with Crippen molar-refractivity contribution in [2.75, 3.05) is 7.05 Å². The Bertz CT molecular complexity index is 637. The highest BCUT2D eigenvalue weighted by Crippen LogP contribution is 2.38. The van der Waals surface area contributed by atoms with Gasteiger partial charge in [-0.15, -0.1) is 0 Å². The van der Waals surface area contributed by atoms with Crippen LogP contribution in [-0.2, 0) is 0 Å². The second kappa shape index (κ2) is 6.67. The van der Waals surface area contributed by atoms with Crippen molar-refractivity contribution in [2.24, 2.45) is 0 Å². The summed E-state index contributed by atoms with van der Waals surface area (Å²) in [5.74, 6) is 0.765. The molecule has 0 spiro atoms. The van der Waals surface area contributed by atoms with Gasteiger partial charge in [0.2, 0.25) is 0 Å². The summed E-state index contributed by atoms with van der Waals surface area (Å²) in [5.41, 5.74) is 4.05. The molecule has 1 N–H and O–H groups in total. The molecule has 0 radical (unpaired) electrons. The molecule has 1 unspecified atom stereocenters. The van der Waals surface area contributed by atoms with E-state index in [-0.39, 0.29) is 6.04 Å². The molecule has 0 saturated heterocycles. The average molecular weight is 412 g/mol. The summed E-state index contributed by atoms with van der Waals surface area (Å²) in [7, 11) is 2.01. The Morgan fingerprint density at radius 3 is 2.67 bits per heavy atom. The standard InChI is InChI=1S/C18H19ClIN/c1-21-18(16-11-15(19)8-9-17(16)20)14-7-3-6-13(10-14)12-4-2-5-12/h3,6-12,18,21H,2,4-5H2,1H3. The van der Waals surface area contributed by atoms with Crippen LogP contribution in [0.4, 0.5) is 0 Å². The highest BCUT2D eigenvalue weighted by molar-refractivity contribution is 14.1. The van der Waals surface area contributed by atoms with Crippen molar-refractivity contribution in [3.05, 3.63) is 67.7 Å². The van der Waals surface area contributed by atoms with Gasteiger partial charge in [0.25, 0.3) is 0 Å². The first-order valence-electron chi connectivity index (χ1n) is 7.41. The summed E-state index contributed by atoms with van der Waals surface area (Å²) >= 11 is 8.57. The molecule has 110 valence electrons. The number of benzene rings is 2. The topological polar surface area (TPSA) is 12.0 Å². The number of hydrogen-bond donors (Lipinski definition) is 1. The van der Waals surface area contributed by atoms with E-state index in [1.54, 1.807) is 0 Å². The number of rotatable bonds is 4. The first kappa shape index (κ1) is 15.3. The fourth-order valence-corrected chi connectivity index (χ4v) is 3.80. The van der Waals surface area contributed by atoms with E-state index in [4.69, 9.17) is 11.6 Å². The van der Waals surface area contributed by atoms with Gasteiger partial charge < -0.3 is 5.32 Å². The second-order valence-corrected chi connectivity index (χ2v) is 7.28.